The molecule has 2 heterocycles. The molecule has 0 radical (unpaired) electrons. The van der Waals surface area contributed by atoms with Crippen LogP contribution < -0.4 is 11.1 Å². The third kappa shape index (κ3) is 6.52. The Labute approximate surface area is 184 Å². The molecule has 0 bridgehead atoms. The van der Waals surface area contributed by atoms with E-state index in [1.807, 2.05) is 61.5 Å². The lowest BCUT2D eigenvalue weighted by atomic mass is 9.97. The minimum absolute atomic E-state index is 0.0222. The third-order valence-corrected chi connectivity index (χ3v) is 6.17. The van der Waals surface area contributed by atoms with Crippen molar-refractivity contribution in [3.05, 3.63) is 65.5 Å². The number of nitrogens with one attached hydrogen (secondary N) is 1. The number of hydrogen-bond acceptors (Lipinski definition) is 4. The zero-order valence-corrected chi connectivity index (χ0v) is 18.5. The molecule has 3 N–H and O–H groups in total. The number of rotatable bonds is 8. The molecule has 7 nitrogen and oxygen atoms in total. The van der Waals surface area contributed by atoms with E-state index in [9.17, 15) is 9.59 Å². The van der Waals surface area contributed by atoms with Crippen molar-refractivity contribution in [2.24, 2.45) is 5.73 Å². The molecule has 1 fully saturated rings. The van der Waals surface area contributed by atoms with Gasteiger partial charge in [0.15, 0.2) is 0 Å². The molecule has 166 valence electrons. The zero-order chi connectivity index (χ0) is 22.2. The summed E-state index contributed by atoms with van der Waals surface area (Å²) in [5.74, 6) is 0.0222. The lowest BCUT2D eigenvalue weighted by Gasteiger charge is -2.37. The van der Waals surface area contributed by atoms with E-state index in [0.717, 1.165) is 55.7 Å². The topological polar surface area (TPSA) is 91.6 Å². The summed E-state index contributed by atoms with van der Waals surface area (Å²) in [7, 11) is 1.87. The molecule has 1 aliphatic heterocycles. The van der Waals surface area contributed by atoms with Crippen LogP contribution in [0.3, 0.4) is 0 Å². The summed E-state index contributed by atoms with van der Waals surface area (Å²) in [4.78, 5) is 33.2. The maximum Gasteiger partial charge on any atom is 0.312 e. The predicted octanol–water partition coefficient (Wildman–Crippen LogP) is 2.66. The van der Waals surface area contributed by atoms with Crippen LogP contribution in [0.1, 0.15) is 42.1 Å². The first-order valence-electron chi connectivity index (χ1n) is 10.9. The fourth-order valence-electron chi connectivity index (χ4n) is 4.26. The average Bonchev–Trinajstić information content (AvgIpc) is 2.78. The zero-order valence-electron chi connectivity index (χ0n) is 18.5. The summed E-state index contributed by atoms with van der Waals surface area (Å²) in [5.41, 5.74) is 8.44. The molecule has 3 rings (SSSR count). The van der Waals surface area contributed by atoms with Gasteiger partial charge in [0, 0.05) is 51.0 Å². The molecule has 31 heavy (non-hydrogen) atoms. The van der Waals surface area contributed by atoms with E-state index >= 15 is 0 Å². The number of piperidine rings is 1. The quantitative estimate of drug-likeness (QED) is 0.683. The maximum absolute atomic E-state index is 13.0. The minimum Gasteiger partial charge on any atom is -0.352 e. The number of aromatic nitrogens is 1. The van der Waals surface area contributed by atoms with Gasteiger partial charge < -0.3 is 20.9 Å². The number of carbonyl (C=O) groups excluding carboxylic acids is 2. The van der Waals surface area contributed by atoms with Crippen LogP contribution in [-0.4, -0.2) is 59.4 Å². The molecule has 1 aromatic heterocycles. The van der Waals surface area contributed by atoms with Crippen molar-refractivity contribution in [2.45, 2.75) is 44.7 Å². The van der Waals surface area contributed by atoms with E-state index in [-0.39, 0.29) is 18.4 Å². The van der Waals surface area contributed by atoms with E-state index in [4.69, 9.17) is 5.73 Å². The maximum atomic E-state index is 13.0. The Morgan fingerprint density at radius 3 is 2.55 bits per heavy atom. The Bertz CT molecular complexity index is 865. The molecule has 1 saturated heterocycles. The number of aryl methyl sites for hydroxylation is 1. The molecule has 7 heteroatoms. The van der Waals surface area contributed by atoms with E-state index in [1.54, 1.807) is 0 Å². The average molecular weight is 424 g/mol. The van der Waals surface area contributed by atoms with Crippen LogP contribution in [0.4, 0.5) is 4.79 Å². The third-order valence-electron chi connectivity index (χ3n) is 6.17. The van der Waals surface area contributed by atoms with Crippen molar-refractivity contribution in [1.29, 1.82) is 0 Å². The highest BCUT2D eigenvalue weighted by Gasteiger charge is 2.28. The van der Waals surface area contributed by atoms with Crippen LogP contribution >= 0.6 is 0 Å². The Kier molecular flexibility index (Phi) is 8.00. The number of hydrogen-bond donors (Lipinski definition) is 2. The van der Waals surface area contributed by atoms with Crippen molar-refractivity contribution in [3.8, 4) is 0 Å². The van der Waals surface area contributed by atoms with Crippen molar-refractivity contribution in [3.63, 3.8) is 0 Å². The van der Waals surface area contributed by atoms with Gasteiger partial charge in [0.2, 0.25) is 5.91 Å². The van der Waals surface area contributed by atoms with Gasteiger partial charge in [-0.15, -0.1) is 0 Å². The van der Waals surface area contributed by atoms with Crippen molar-refractivity contribution >= 4 is 11.9 Å². The standard InChI is InChI=1S/C24H33N5O2/c1-18-7-3-4-9-21(18)22(27-24(25)31)17-23(30)28(2)20-11-15-29(16-12-20)14-10-19-8-5-6-13-26-19/h3-9,13,20,22H,10-12,14-17H2,1-2H3,(H3,25,27,31). The molecule has 1 unspecified atom stereocenters. The molecule has 1 atom stereocenters. The first-order chi connectivity index (χ1) is 14.9. The second kappa shape index (κ2) is 10.9. The highest BCUT2D eigenvalue weighted by molar-refractivity contribution is 5.79. The van der Waals surface area contributed by atoms with Crippen molar-refractivity contribution in [2.75, 3.05) is 26.7 Å². The molecule has 0 spiro atoms. The highest BCUT2D eigenvalue weighted by atomic mass is 16.2. The largest absolute Gasteiger partial charge is 0.352 e. The minimum atomic E-state index is -0.620. The molecular weight excluding hydrogens is 390 g/mol. The lowest BCUT2D eigenvalue weighted by molar-refractivity contribution is -0.133. The fraction of sp³-hybridized carbons (Fsp3) is 0.458. The Morgan fingerprint density at radius 1 is 1.19 bits per heavy atom. The summed E-state index contributed by atoms with van der Waals surface area (Å²) in [6.45, 7) is 4.89. The van der Waals surface area contributed by atoms with E-state index in [1.165, 1.54) is 0 Å². The number of nitrogens with zero attached hydrogens (tertiary/aromatic N) is 3. The van der Waals surface area contributed by atoms with Crippen LogP contribution in [0.5, 0.6) is 0 Å². The number of carbonyl (C=O) groups is 2. The van der Waals surface area contributed by atoms with Gasteiger partial charge >= 0.3 is 6.03 Å². The molecular formula is C24H33N5O2. The van der Waals surface area contributed by atoms with E-state index in [2.05, 4.69) is 21.3 Å². The van der Waals surface area contributed by atoms with Crippen LogP contribution in [-0.2, 0) is 11.2 Å². The summed E-state index contributed by atoms with van der Waals surface area (Å²) >= 11 is 0. The first-order valence-corrected chi connectivity index (χ1v) is 10.9. The van der Waals surface area contributed by atoms with Crippen molar-refractivity contribution in [1.82, 2.24) is 20.1 Å². The summed E-state index contributed by atoms with van der Waals surface area (Å²) < 4.78 is 0. The fourth-order valence-corrected chi connectivity index (χ4v) is 4.26. The number of amides is 3. The predicted molar refractivity (Wildman–Crippen MR) is 121 cm³/mol. The number of primary amides is 1. The molecule has 1 aliphatic rings. The second-order valence-electron chi connectivity index (χ2n) is 8.27. The normalized spacial score (nSPS) is 15.9. The Hall–Kier alpha value is -2.93. The Balaban J connectivity index is 1.52. The summed E-state index contributed by atoms with van der Waals surface area (Å²) in [6.07, 6.45) is 4.87. The summed E-state index contributed by atoms with van der Waals surface area (Å²) in [5, 5.41) is 2.74. The molecule has 3 amide bonds. The molecule has 0 aliphatic carbocycles. The monoisotopic (exact) mass is 423 g/mol. The van der Waals surface area contributed by atoms with Gasteiger partial charge in [0.1, 0.15) is 0 Å². The van der Waals surface area contributed by atoms with Crippen molar-refractivity contribution < 1.29 is 9.59 Å². The summed E-state index contributed by atoms with van der Waals surface area (Å²) in [6, 6.07) is 12.9. The lowest BCUT2D eigenvalue weighted by Crippen LogP contribution is -2.47. The van der Waals surface area contributed by atoms with Crippen LogP contribution in [0, 0.1) is 6.92 Å². The number of nitrogens with two attached hydrogens (primary N) is 1. The first kappa shape index (κ1) is 22.7. The van der Waals surface area contributed by atoms with Gasteiger partial charge in [-0.1, -0.05) is 30.3 Å². The number of likely N-dealkylation sites (tertiary alicyclic amines) is 1. The van der Waals surface area contributed by atoms with Crippen LogP contribution in [0.15, 0.2) is 48.7 Å². The Morgan fingerprint density at radius 2 is 1.90 bits per heavy atom. The van der Waals surface area contributed by atoms with Gasteiger partial charge in [-0.3, -0.25) is 9.78 Å². The van der Waals surface area contributed by atoms with Gasteiger partial charge in [-0.2, -0.15) is 0 Å². The van der Waals surface area contributed by atoms with Gasteiger partial charge in [-0.05, 0) is 43.0 Å². The second-order valence-corrected chi connectivity index (χ2v) is 8.27. The smallest absolute Gasteiger partial charge is 0.312 e. The SMILES string of the molecule is Cc1ccccc1C(CC(=O)N(C)C1CCN(CCc2ccccn2)CC1)NC(N)=O. The van der Waals surface area contributed by atoms with Crippen LogP contribution in [0.2, 0.25) is 0 Å². The number of benzene rings is 1. The number of urea groups is 1. The molecule has 1 aromatic carbocycles. The number of pyridine rings is 1. The van der Waals surface area contributed by atoms with Crippen LogP contribution in [0.25, 0.3) is 0 Å². The van der Waals surface area contributed by atoms with E-state index < -0.39 is 12.1 Å². The van der Waals surface area contributed by atoms with Gasteiger partial charge in [0.25, 0.3) is 0 Å². The van der Waals surface area contributed by atoms with Gasteiger partial charge in [0.05, 0.1) is 12.5 Å². The molecule has 0 saturated carbocycles. The molecule has 2 aromatic rings. The van der Waals surface area contributed by atoms with Gasteiger partial charge in [-0.25, -0.2) is 4.79 Å². The van der Waals surface area contributed by atoms with E-state index in [0.29, 0.717) is 0 Å². The highest BCUT2D eigenvalue weighted by Crippen LogP contribution is 2.23.